The summed E-state index contributed by atoms with van der Waals surface area (Å²) >= 11 is 0. The van der Waals surface area contributed by atoms with Crippen LogP contribution in [-0.4, -0.2) is 35.2 Å². The third kappa shape index (κ3) is 3.65. The van der Waals surface area contributed by atoms with Crippen molar-refractivity contribution >= 4 is 11.8 Å². The Bertz CT molecular complexity index is 441. The van der Waals surface area contributed by atoms with E-state index in [2.05, 4.69) is 4.74 Å². The number of ether oxygens (including phenoxy) is 1. The minimum Gasteiger partial charge on any atom is -0.467 e. The van der Waals surface area contributed by atoms with Crippen LogP contribution in [0.4, 0.5) is 0 Å². The number of hydrogen-bond donors (Lipinski definition) is 2. The van der Waals surface area contributed by atoms with Crippen molar-refractivity contribution in [3.05, 3.63) is 35.4 Å². The lowest BCUT2D eigenvalue weighted by atomic mass is 10.00. The molecule has 0 bridgehead atoms. The van der Waals surface area contributed by atoms with E-state index in [0.717, 1.165) is 12.7 Å². The third-order valence-electron chi connectivity index (χ3n) is 2.49. The van der Waals surface area contributed by atoms with E-state index in [4.69, 9.17) is 0 Å². The fourth-order valence-electron chi connectivity index (χ4n) is 1.61. The molecule has 2 unspecified atom stereocenters. The molecule has 0 saturated carbocycles. The van der Waals surface area contributed by atoms with Crippen LogP contribution in [-0.2, 0) is 20.7 Å². The standard InChI is InChI=1S/C13H16O5/c1-8(14)6-9-4-3-5-10(7-9)11(15)12(16)13(17)18-2/h3-5,7,11-12,15-16H,6H2,1-2H3. The van der Waals surface area contributed by atoms with E-state index in [1.165, 1.54) is 6.92 Å². The van der Waals surface area contributed by atoms with Gasteiger partial charge in [0.25, 0.3) is 0 Å². The van der Waals surface area contributed by atoms with E-state index >= 15 is 0 Å². The second kappa shape index (κ2) is 6.28. The molecule has 0 aliphatic carbocycles. The van der Waals surface area contributed by atoms with Gasteiger partial charge < -0.3 is 14.9 Å². The molecule has 5 nitrogen and oxygen atoms in total. The third-order valence-corrected chi connectivity index (χ3v) is 2.49. The summed E-state index contributed by atoms with van der Waals surface area (Å²) in [5.74, 6) is -0.908. The van der Waals surface area contributed by atoms with Crippen molar-refractivity contribution in [2.45, 2.75) is 25.6 Å². The van der Waals surface area contributed by atoms with Gasteiger partial charge in [0.15, 0.2) is 6.10 Å². The average molecular weight is 252 g/mol. The first-order valence-electron chi connectivity index (χ1n) is 5.48. The number of aliphatic hydroxyl groups excluding tert-OH is 2. The molecule has 5 heteroatoms. The molecule has 0 heterocycles. The highest BCUT2D eigenvalue weighted by Gasteiger charge is 2.26. The quantitative estimate of drug-likeness (QED) is 0.740. The van der Waals surface area contributed by atoms with Crippen LogP contribution in [0.3, 0.4) is 0 Å². The molecule has 0 aliphatic rings. The van der Waals surface area contributed by atoms with Gasteiger partial charge in [-0.1, -0.05) is 24.3 Å². The number of esters is 1. The van der Waals surface area contributed by atoms with Crippen molar-refractivity contribution in [2.75, 3.05) is 7.11 Å². The Labute approximate surface area is 105 Å². The van der Waals surface area contributed by atoms with Crippen molar-refractivity contribution in [3.8, 4) is 0 Å². The summed E-state index contributed by atoms with van der Waals surface area (Å²) in [7, 11) is 1.13. The van der Waals surface area contributed by atoms with Crippen LogP contribution in [0.15, 0.2) is 24.3 Å². The molecule has 1 rings (SSSR count). The molecule has 0 spiro atoms. The molecule has 2 atom stereocenters. The first-order valence-corrected chi connectivity index (χ1v) is 5.48. The Morgan fingerprint density at radius 2 is 2.00 bits per heavy atom. The smallest absolute Gasteiger partial charge is 0.337 e. The van der Waals surface area contributed by atoms with Gasteiger partial charge in [0, 0.05) is 6.42 Å². The molecular formula is C13H16O5. The van der Waals surface area contributed by atoms with Crippen molar-refractivity contribution < 1.29 is 24.5 Å². The summed E-state index contributed by atoms with van der Waals surface area (Å²) in [5, 5.41) is 19.3. The summed E-state index contributed by atoms with van der Waals surface area (Å²) in [6, 6.07) is 6.54. The van der Waals surface area contributed by atoms with E-state index in [0.29, 0.717) is 5.56 Å². The maximum absolute atomic E-state index is 11.1. The zero-order valence-electron chi connectivity index (χ0n) is 10.3. The Balaban J connectivity index is 2.88. The van der Waals surface area contributed by atoms with E-state index < -0.39 is 18.2 Å². The van der Waals surface area contributed by atoms with E-state index in [9.17, 15) is 19.8 Å². The Kier molecular flexibility index (Phi) is 5.00. The molecule has 0 fully saturated rings. The lowest BCUT2D eigenvalue weighted by Crippen LogP contribution is -2.29. The number of carbonyl (C=O) groups is 2. The Morgan fingerprint density at radius 1 is 1.33 bits per heavy atom. The van der Waals surface area contributed by atoms with Gasteiger partial charge in [-0.25, -0.2) is 4.79 Å². The second-order valence-electron chi connectivity index (χ2n) is 4.04. The molecule has 0 amide bonds. The van der Waals surface area contributed by atoms with Gasteiger partial charge in [-0.3, -0.25) is 4.79 Å². The van der Waals surface area contributed by atoms with E-state index in [1.807, 2.05) is 0 Å². The Hall–Kier alpha value is -1.72. The van der Waals surface area contributed by atoms with Crippen LogP contribution in [0.2, 0.25) is 0 Å². The lowest BCUT2D eigenvalue weighted by molar-refractivity contribution is -0.156. The zero-order valence-corrected chi connectivity index (χ0v) is 10.3. The van der Waals surface area contributed by atoms with E-state index in [1.54, 1.807) is 24.3 Å². The van der Waals surface area contributed by atoms with Crippen molar-refractivity contribution in [1.82, 2.24) is 0 Å². The summed E-state index contributed by atoms with van der Waals surface area (Å²) in [6.45, 7) is 1.46. The van der Waals surface area contributed by atoms with Gasteiger partial charge >= 0.3 is 5.97 Å². The topological polar surface area (TPSA) is 83.8 Å². The number of benzene rings is 1. The van der Waals surface area contributed by atoms with Crippen LogP contribution < -0.4 is 0 Å². The maximum Gasteiger partial charge on any atom is 0.337 e. The number of carbonyl (C=O) groups excluding carboxylic acids is 2. The Morgan fingerprint density at radius 3 is 2.56 bits per heavy atom. The van der Waals surface area contributed by atoms with Gasteiger partial charge in [-0.2, -0.15) is 0 Å². The predicted octanol–water partition coefficient (Wildman–Crippen LogP) is 0.385. The predicted molar refractivity (Wildman–Crippen MR) is 63.8 cm³/mol. The molecule has 18 heavy (non-hydrogen) atoms. The number of ketones is 1. The molecule has 0 aromatic heterocycles. The van der Waals surface area contributed by atoms with Crippen molar-refractivity contribution in [1.29, 1.82) is 0 Å². The van der Waals surface area contributed by atoms with Crippen LogP contribution >= 0.6 is 0 Å². The van der Waals surface area contributed by atoms with Gasteiger partial charge in [-0.15, -0.1) is 0 Å². The molecule has 0 aliphatic heterocycles. The summed E-state index contributed by atoms with van der Waals surface area (Å²) in [4.78, 5) is 22.1. The minimum absolute atomic E-state index is 0.00449. The SMILES string of the molecule is COC(=O)C(O)C(O)c1cccc(CC(C)=O)c1. The lowest BCUT2D eigenvalue weighted by Gasteiger charge is -2.16. The highest BCUT2D eigenvalue weighted by Crippen LogP contribution is 2.19. The first-order chi connectivity index (χ1) is 8.45. The second-order valence-corrected chi connectivity index (χ2v) is 4.04. The molecular weight excluding hydrogens is 236 g/mol. The van der Waals surface area contributed by atoms with Crippen molar-refractivity contribution in [3.63, 3.8) is 0 Å². The number of Topliss-reactive ketones (excluding diaryl/α,β-unsaturated/α-hetero) is 1. The highest BCUT2D eigenvalue weighted by atomic mass is 16.5. The number of aliphatic hydroxyl groups is 2. The van der Waals surface area contributed by atoms with Gasteiger partial charge in [0.2, 0.25) is 0 Å². The summed E-state index contributed by atoms with van der Waals surface area (Å²) in [5.41, 5.74) is 1.09. The van der Waals surface area contributed by atoms with Gasteiger partial charge in [-0.05, 0) is 18.1 Å². The van der Waals surface area contributed by atoms with Crippen LogP contribution in [0.25, 0.3) is 0 Å². The summed E-state index contributed by atoms with van der Waals surface area (Å²) in [6.07, 6.45) is -2.76. The largest absolute Gasteiger partial charge is 0.467 e. The molecule has 98 valence electrons. The van der Waals surface area contributed by atoms with Gasteiger partial charge in [0.1, 0.15) is 11.9 Å². The molecule has 1 aromatic carbocycles. The molecule has 1 aromatic rings. The normalized spacial score (nSPS) is 13.8. The average Bonchev–Trinajstić information content (AvgIpc) is 2.35. The monoisotopic (exact) mass is 252 g/mol. The number of rotatable bonds is 5. The highest BCUT2D eigenvalue weighted by molar-refractivity contribution is 5.78. The van der Waals surface area contributed by atoms with Crippen LogP contribution in [0.1, 0.15) is 24.2 Å². The zero-order chi connectivity index (χ0) is 13.7. The van der Waals surface area contributed by atoms with Crippen molar-refractivity contribution in [2.24, 2.45) is 0 Å². The minimum atomic E-state index is -1.64. The fourth-order valence-corrected chi connectivity index (χ4v) is 1.61. The summed E-state index contributed by atoms with van der Waals surface area (Å²) < 4.78 is 4.35. The van der Waals surface area contributed by atoms with Gasteiger partial charge in [0.05, 0.1) is 7.11 Å². The van der Waals surface area contributed by atoms with E-state index in [-0.39, 0.29) is 12.2 Å². The van der Waals surface area contributed by atoms with Crippen LogP contribution in [0.5, 0.6) is 0 Å². The molecule has 0 radical (unpaired) electrons. The molecule has 2 N–H and O–H groups in total. The first kappa shape index (κ1) is 14.3. The van der Waals surface area contributed by atoms with Crippen LogP contribution in [0, 0.1) is 0 Å². The fraction of sp³-hybridized carbons (Fsp3) is 0.385. The number of hydrogen-bond acceptors (Lipinski definition) is 5. The molecule has 0 saturated heterocycles. The number of methoxy groups -OCH3 is 1. The maximum atomic E-state index is 11.1.